The van der Waals surface area contributed by atoms with Crippen LogP contribution in [-0.4, -0.2) is 35.6 Å². The van der Waals surface area contributed by atoms with E-state index < -0.39 is 0 Å². The normalized spacial score (nSPS) is 46.1. The summed E-state index contributed by atoms with van der Waals surface area (Å²) in [7, 11) is 0. The Hall–Kier alpha value is -0.770. The van der Waals surface area contributed by atoms with Crippen molar-refractivity contribution in [2.45, 2.75) is 50.1 Å². The van der Waals surface area contributed by atoms with E-state index in [0.29, 0.717) is 0 Å². The summed E-state index contributed by atoms with van der Waals surface area (Å²) in [6, 6.07) is 0.339. The number of likely N-dealkylation sites (tertiary alicyclic amines) is 1. The number of carbonyl (C=O) groups excluding carboxylic acids is 1. The predicted octanol–water partition coefficient (Wildman–Crippen LogP) is 1.31. The first-order valence-electron chi connectivity index (χ1n) is 7.44. The van der Waals surface area contributed by atoms with Crippen molar-refractivity contribution >= 4 is 6.03 Å². The van der Waals surface area contributed by atoms with Gasteiger partial charge in [0.1, 0.15) is 0 Å². The van der Waals surface area contributed by atoms with Crippen LogP contribution in [0.5, 0.6) is 0 Å². The van der Waals surface area contributed by atoms with Crippen molar-refractivity contribution in [1.82, 2.24) is 10.2 Å². The van der Waals surface area contributed by atoms with Crippen LogP contribution in [0.2, 0.25) is 0 Å². The van der Waals surface area contributed by atoms with Crippen molar-refractivity contribution in [2.75, 3.05) is 13.1 Å². The van der Waals surface area contributed by atoms with Crippen LogP contribution in [0.25, 0.3) is 0 Å². The van der Waals surface area contributed by atoms with Crippen molar-refractivity contribution in [3.8, 4) is 0 Å². The van der Waals surface area contributed by atoms with E-state index in [1.54, 1.807) is 0 Å². The van der Waals surface area contributed by atoms with Crippen molar-refractivity contribution in [3.63, 3.8) is 0 Å². The van der Waals surface area contributed by atoms with E-state index in [9.17, 15) is 4.79 Å². The Morgan fingerprint density at radius 2 is 1.56 bits per heavy atom. The fourth-order valence-corrected chi connectivity index (χ4v) is 5.25. The van der Waals surface area contributed by atoms with Gasteiger partial charge in [-0.25, -0.2) is 4.79 Å². The van der Waals surface area contributed by atoms with Gasteiger partial charge in [-0.1, -0.05) is 0 Å². The second-order valence-electron chi connectivity index (χ2n) is 7.29. The summed E-state index contributed by atoms with van der Waals surface area (Å²) >= 11 is 0. The van der Waals surface area contributed by atoms with Gasteiger partial charge in [-0.3, -0.25) is 0 Å². The lowest BCUT2D eigenvalue weighted by Gasteiger charge is -2.57. The summed E-state index contributed by atoms with van der Waals surface area (Å²) in [5, 5.41) is 3.38. The minimum atomic E-state index is 0.138. The van der Waals surface area contributed by atoms with Crippen LogP contribution in [0.15, 0.2) is 0 Å². The molecular formula is C14H23N3O. The number of rotatable bonds is 1. The standard InChI is InChI=1S/C14H23N3O/c15-12-7-17(8-12)13(18)16-14-4-9-1-10(5-14)3-11(2-9)6-14/h9-12H,1-8,15H2,(H,16,18). The van der Waals surface area contributed by atoms with Crippen LogP contribution in [-0.2, 0) is 0 Å². The van der Waals surface area contributed by atoms with Gasteiger partial charge in [-0.05, 0) is 56.3 Å². The van der Waals surface area contributed by atoms with Crippen molar-refractivity contribution in [1.29, 1.82) is 0 Å². The van der Waals surface area contributed by atoms with Gasteiger partial charge in [0.25, 0.3) is 0 Å². The van der Waals surface area contributed by atoms with Gasteiger partial charge >= 0.3 is 6.03 Å². The van der Waals surface area contributed by atoms with Gasteiger partial charge < -0.3 is 16.0 Å². The van der Waals surface area contributed by atoms with Gasteiger partial charge in [-0.2, -0.15) is 0 Å². The van der Waals surface area contributed by atoms with Gasteiger partial charge in [-0.15, -0.1) is 0 Å². The molecule has 5 rings (SSSR count). The molecule has 4 nitrogen and oxygen atoms in total. The zero-order chi connectivity index (χ0) is 12.3. The minimum Gasteiger partial charge on any atom is -0.333 e. The van der Waals surface area contributed by atoms with Crippen molar-refractivity contribution in [3.05, 3.63) is 0 Å². The molecule has 0 radical (unpaired) electrons. The maximum absolute atomic E-state index is 12.2. The lowest BCUT2D eigenvalue weighted by atomic mass is 9.53. The van der Waals surface area contributed by atoms with Gasteiger partial charge in [0, 0.05) is 24.7 Å². The van der Waals surface area contributed by atoms with E-state index >= 15 is 0 Å². The highest BCUT2D eigenvalue weighted by atomic mass is 16.2. The smallest absolute Gasteiger partial charge is 0.317 e. The van der Waals surface area contributed by atoms with E-state index in [2.05, 4.69) is 5.32 Å². The van der Waals surface area contributed by atoms with Gasteiger partial charge in [0.15, 0.2) is 0 Å². The summed E-state index contributed by atoms with van der Waals surface area (Å²) in [4.78, 5) is 14.1. The quantitative estimate of drug-likeness (QED) is 0.736. The molecule has 0 unspecified atom stereocenters. The molecule has 0 aromatic carbocycles. The summed E-state index contributed by atoms with van der Waals surface area (Å²) in [5.41, 5.74) is 5.89. The van der Waals surface area contributed by atoms with Crippen molar-refractivity contribution < 1.29 is 4.79 Å². The Balaban J connectivity index is 1.46. The number of nitrogens with zero attached hydrogens (tertiary/aromatic N) is 1. The molecule has 1 saturated heterocycles. The van der Waals surface area contributed by atoms with E-state index in [0.717, 1.165) is 30.8 Å². The number of urea groups is 1. The lowest BCUT2D eigenvalue weighted by Crippen LogP contribution is -2.66. The SMILES string of the molecule is NC1CN(C(=O)NC23CC4CC(CC(C4)C2)C3)C1. The number of hydrogen-bond donors (Lipinski definition) is 2. The molecule has 0 atom stereocenters. The number of amides is 2. The Kier molecular flexibility index (Phi) is 2.23. The number of hydrogen-bond acceptors (Lipinski definition) is 2. The third-order valence-electron chi connectivity index (χ3n) is 5.61. The first-order chi connectivity index (χ1) is 8.62. The molecule has 100 valence electrons. The van der Waals surface area contributed by atoms with Gasteiger partial charge in [0.05, 0.1) is 0 Å². The first kappa shape index (κ1) is 11.1. The fraction of sp³-hybridized carbons (Fsp3) is 0.929. The molecule has 5 aliphatic rings. The van der Waals surface area contributed by atoms with Gasteiger partial charge in [0.2, 0.25) is 0 Å². The Labute approximate surface area is 108 Å². The summed E-state index contributed by atoms with van der Waals surface area (Å²) in [6.07, 6.45) is 7.94. The van der Waals surface area contributed by atoms with Crippen LogP contribution >= 0.6 is 0 Å². The summed E-state index contributed by atoms with van der Waals surface area (Å²) in [5.74, 6) is 2.65. The third-order valence-corrected chi connectivity index (χ3v) is 5.61. The van der Waals surface area contributed by atoms with Crippen LogP contribution < -0.4 is 11.1 Å². The topological polar surface area (TPSA) is 58.4 Å². The Bertz CT molecular complexity index is 340. The zero-order valence-electron chi connectivity index (χ0n) is 10.9. The largest absolute Gasteiger partial charge is 0.333 e. The summed E-state index contributed by atoms with van der Waals surface area (Å²) < 4.78 is 0. The molecular weight excluding hydrogens is 226 g/mol. The second-order valence-corrected chi connectivity index (χ2v) is 7.29. The van der Waals surface area contributed by atoms with Crippen LogP contribution in [0.1, 0.15) is 38.5 Å². The average molecular weight is 249 g/mol. The van der Waals surface area contributed by atoms with Crippen LogP contribution in [0, 0.1) is 17.8 Å². The molecule has 0 aromatic rings. The molecule has 4 aliphatic carbocycles. The highest BCUT2D eigenvalue weighted by Gasteiger charge is 2.52. The van der Waals surface area contributed by atoms with Crippen LogP contribution in [0.3, 0.4) is 0 Å². The maximum Gasteiger partial charge on any atom is 0.317 e. The molecule has 1 aliphatic heterocycles. The molecule has 5 fully saturated rings. The molecule has 4 saturated carbocycles. The number of carbonyl (C=O) groups is 1. The fourth-order valence-electron chi connectivity index (χ4n) is 5.25. The van der Waals surface area contributed by atoms with E-state index in [1.165, 1.54) is 38.5 Å². The zero-order valence-corrected chi connectivity index (χ0v) is 10.9. The Morgan fingerprint density at radius 1 is 1.06 bits per heavy atom. The molecule has 0 spiro atoms. The summed E-state index contributed by atoms with van der Waals surface area (Å²) in [6.45, 7) is 1.47. The Morgan fingerprint density at radius 3 is 2.00 bits per heavy atom. The highest BCUT2D eigenvalue weighted by molar-refractivity contribution is 5.76. The highest BCUT2D eigenvalue weighted by Crippen LogP contribution is 2.55. The molecule has 4 bridgehead atoms. The first-order valence-corrected chi connectivity index (χ1v) is 7.44. The molecule has 4 heteroatoms. The third kappa shape index (κ3) is 1.65. The predicted molar refractivity (Wildman–Crippen MR) is 69.0 cm³/mol. The van der Waals surface area contributed by atoms with E-state index in [4.69, 9.17) is 5.73 Å². The minimum absolute atomic E-state index is 0.138. The second kappa shape index (κ2) is 3.62. The van der Waals surface area contributed by atoms with E-state index in [1.807, 2.05) is 4.90 Å². The molecule has 3 N–H and O–H groups in total. The lowest BCUT2D eigenvalue weighted by molar-refractivity contribution is -0.0171. The van der Waals surface area contributed by atoms with Crippen LogP contribution in [0.4, 0.5) is 4.79 Å². The monoisotopic (exact) mass is 249 g/mol. The molecule has 0 aromatic heterocycles. The van der Waals surface area contributed by atoms with E-state index in [-0.39, 0.29) is 17.6 Å². The molecule has 1 heterocycles. The molecule has 18 heavy (non-hydrogen) atoms. The maximum atomic E-state index is 12.2. The number of nitrogens with two attached hydrogens (primary N) is 1. The average Bonchev–Trinajstić information content (AvgIpc) is 2.21. The van der Waals surface area contributed by atoms with Crippen molar-refractivity contribution in [2.24, 2.45) is 23.5 Å². The molecule has 2 amide bonds. The number of nitrogens with one attached hydrogen (secondary N) is 1.